The first-order valence-electron chi connectivity index (χ1n) is 5.38. The van der Waals surface area contributed by atoms with Crippen LogP contribution in [0.5, 0.6) is 0 Å². The van der Waals surface area contributed by atoms with E-state index in [0.717, 1.165) is 16.5 Å². The van der Waals surface area contributed by atoms with E-state index in [-0.39, 0.29) is 6.10 Å². The van der Waals surface area contributed by atoms with Crippen molar-refractivity contribution in [3.63, 3.8) is 0 Å². The lowest BCUT2D eigenvalue weighted by atomic mass is 10.00. The average molecular weight is 288 g/mol. The van der Waals surface area contributed by atoms with Crippen molar-refractivity contribution < 1.29 is 9.84 Å². The Morgan fingerprint density at radius 1 is 1.50 bits per heavy atom. The molecule has 0 bridgehead atoms. The molecule has 1 aromatic heterocycles. The van der Waals surface area contributed by atoms with Gasteiger partial charge in [0, 0.05) is 30.6 Å². The van der Waals surface area contributed by atoms with Crippen molar-refractivity contribution in [1.82, 2.24) is 4.98 Å². The van der Waals surface area contributed by atoms with Crippen LogP contribution in [0.4, 0.5) is 0 Å². The Bertz CT molecular complexity index is 320. The van der Waals surface area contributed by atoms with Crippen molar-refractivity contribution in [3.8, 4) is 0 Å². The Morgan fingerprint density at radius 3 is 2.88 bits per heavy atom. The number of aromatic nitrogens is 1. The maximum absolute atomic E-state index is 9.89. The summed E-state index contributed by atoms with van der Waals surface area (Å²) < 4.78 is 5.99. The summed E-state index contributed by atoms with van der Waals surface area (Å²) in [6.45, 7) is 2.76. The van der Waals surface area contributed by atoms with E-state index in [4.69, 9.17) is 4.74 Å². The Labute approximate surface area is 105 Å². The number of hydrogen-bond donors (Lipinski definition) is 1. The summed E-state index contributed by atoms with van der Waals surface area (Å²) in [5, 5.41) is 9.89. The fourth-order valence-corrected chi connectivity index (χ4v) is 2.15. The Kier molecular flexibility index (Phi) is 5.95. The molecule has 0 saturated heterocycles. The summed E-state index contributed by atoms with van der Waals surface area (Å²) in [7, 11) is 1.68. The highest BCUT2D eigenvalue weighted by Crippen LogP contribution is 2.14. The Morgan fingerprint density at radius 2 is 2.25 bits per heavy atom. The quantitative estimate of drug-likeness (QED) is 0.874. The lowest BCUT2D eigenvalue weighted by Crippen LogP contribution is -2.17. The number of rotatable bonds is 6. The molecular formula is C12H18BrNO2. The number of nitrogens with zero attached hydrogens (tertiary/aromatic N) is 1. The molecule has 2 unspecified atom stereocenters. The Balaban J connectivity index is 2.42. The summed E-state index contributed by atoms with van der Waals surface area (Å²) >= 11 is 3.36. The van der Waals surface area contributed by atoms with Crippen LogP contribution in [0.15, 0.2) is 22.9 Å². The standard InChI is InChI=1S/C12H18BrNO2/c1-9(8-16-2)3-12(15)5-10-4-11(13)7-14-6-10/h4,6-7,9,12,15H,3,5,8H2,1-2H3. The smallest absolute Gasteiger partial charge is 0.0584 e. The van der Waals surface area contributed by atoms with E-state index in [1.807, 2.05) is 6.07 Å². The molecule has 1 heterocycles. The minimum Gasteiger partial charge on any atom is -0.393 e. The summed E-state index contributed by atoms with van der Waals surface area (Å²) in [6, 6.07) is 1.98. The molecule has 16 heavy (non-hydrogen) atoms. The number of ether oxygens (including phenoxy) is 1. The van der Waals surface area contributed by atoms with Crippen LogP contribution in [0.2, 0.25) is 0 Å². The van der Waals surface area contributed by atoms with Crippen molar-refractivity contribution in [2.75, 3.05) is 13.7 Å². The van der Waals surface area contributed by atoms with Gasteiger partial charge >= 0.3 is 0 Å². The molecule has 0 aliphatic rings. The van der Waals surface area contributed by atoms with Gasteiger partial charge in [0.25, 0.3) is 0 Å². The van der Waals surface area contributed by atoms with Crippen LogP contribution in [0.25, 0.3) is 0 Å². The molecule has 0 radical (unpaired) electrons. The molecule has 0 aliphatic heterocycles. The third kappa shape index (κ3) is 5.05. The van der Waals surface area contributed by atoms with Gasteiger partial charge in [-0.3, -0.25) is 4.98 Å². The number of hydrogen-bond acceptors (Lipinski definition) is 3. The fourth-order valence-electron chi connectivity index (χ4n) is 1.74. The molecule has 1 rings (SSSR count). The van der Waals surface area contributed by atoms with Gasteiger partial charge in [-0.25, -0.2) is 0 Å². The van der Waals surface area contributed by atoms with Gasteiger partial charge in [0.05, 0.1) is 6.10 Å². The molecule has 90 valence electrons. The maximum atomic E-state index is 9.89. The van der Waals surface area contributed by atoms with Gasteiger partial charge < -0.3 is 9.84 Å². The van der Waals surface area contributed by atoms with Gasteiger partial charge in [-0.2, -0.15) is 0 Å². The van der Waals surface area contributed by atoms with Gasteiger partial charge in [0.2, 0.25) is 0 Å². The largest absolute Gasteiger partial charge is 0.393 e. The molecule has 0 saturated carbocycles. The molecule has 0 amide bonds. The number of aliphatic hydroxyl groups is 1. The van der Waals surface area contributed by atoms with Crippen LogP contribution in [0.1, 0.15) is 18.9 Å². The second-order valence-electron chi connectivity index (χ2n) is 4.17. The van der Waals surface area contributed by atoms with Crippen molar-refractivity contribution in [2.45, 2.75) is 25.9 Å². The minimum atomic E-state index is -0.332. The van der Waals surface area contributed by atoms with E-state index in [0.29, 0.717) is 18.9 Å². The molecule has 4 heteroatoms. The summed E-state index contributed by atoms with van der Waals surface area (Å²) in [4.78, 5) is 4.07. The van der Waals surface area contributed by atoms with Crippen molar-refractivity contribution in [3.05, 3.63) is 28.5 Å². The molecule has 3 nitrogen and oxygen atoms in total. The average Bonchev–Trinajstić information content (AvgIpc) is 2.17. The van der Waals surface area contributed by atoms with Crippen LogP contribution < -0.4 is 0 Å². The van der Waals surface area contributed by atoms with Crippen molar-refractivity contribution in [1.29, 1.82) is 0 Å². The van der Waals surface area contributed by atoms with Crippen molar-refractivity contribution in [2.24, 2.45) is 5.92 Å². The minimum absolute atomic E-state index is 0.332. The van der Waals surface area contributed by atoms with Gasteiger partial charge in [0.15, 0.2) is 0 Å². The zero-order valence-corrected chi connectivity index (χ0v) is 11.3. The van der Waals surface area contributed by atoms with Crippen LogP contribution in [0, 0.1) is 5.92 Å². The summed E-state index contributed by atoms with van der Waals surface area (Å²) in [5.74, 6) is 0.375. The van der Waals surface area contributed by atoms with Crippen molar-refractivity contribution >= 4 is 15.9 Å². The molecule has 0 spiro atoms. The van der Waals surface area contributed by atoms with Crippen LogP contribution >= 0.6 is 15.9 Å². The van der Waals surface area contributed by atoms with E-state index in [1.165, 1.54) is 0 Å². The van der Waals surface area contributed by atoms with E-state index < -0.39 is 0 Å². The highest BCUT2D eigenvalue weighted by atomic mass is 79.9. The van der Waals surface area contributed by atoms with E-state index in [2.05, 4.69) is 27.8 Å². The summed E-state index contributed by atoms with van der Waals surface area (Å²) in [6.07, 6.45) is 4.58. The molecule has 0 aromatic carbocycles. The lowest BCUT2D eigenvalue weighted by Gasteiger charge is -2.15. The number of pyridine rings is 1. The second-order valence-corrected chi connectivity index (χ2v) is 5.08. The van der Waals surface area contributed by atoms with E-state index in [1.54, 1.807) is 19.5 Å². The van der Waals surface area contributed by atoms with Crippen LogP contribution in [-0.4, -0.2) is 29.9 Å². The summed E-state index contributed by atoms with van der Waals surface area (Å²) in [5.41, 5.74) is 1.05. The molecule has 2 atom stereocenters. The normalized spacial score (nSPS) is 14.8. The topological polar surface area (TPSA) is 42.4 Å². The molecule has 0 aliphatic carbocycles. The van der Waals surface area contributed by atoms with Gasteiger partial charge in [-0.1, -0.05) is 6.92 Å². The third-order valence-corrected chi connectivity index (χ3v) is 2.79. The molecule has 0 fully saturated rings. The Hall–Kier alpha value is -0.450. The molecule has 1 aromatic rings. The zero-order valence-electron chi connectivity index (χ0n) is 9.69. The SMILES string of the molecule is COCC(C)CC(O)Cc1cncc(Br)c1. The first-order chi connectivity index (χ1) is 7.61. The van der Waals surface area contributed by atoms with Gasteiger partial charge in [-0.15, -0.1) is 0 Å². The van der Waals surface area contributed by atoms with E-state index in [9.17, 15) is 5.11 Å². The monoisotopic (exact) mass is 287 g/mol. The fraction of sp³-hybridized carbons (Fsp3) is 0.583. The highest BCUT2D eigenvalue weighted by Gasteiger charge is 2.11. The maximum Gasteiger partial charge on any atom is 0.0584 e. The highest BCUT2D eigenvalue weighted by molar-refractivity contribution is 9.10. The van der Waals surface area contributed by atoms with Gasteiger partial charge in [-0.05, 0) is 46.3 Å². The lowest BCUT2D eigenvalue weighted by molar-refractivity contribution is 0.102. The zero-order chi connectivity index (χ0) is 12.0. The number of aliphatic hydroxyl groups excluding tert-OH is 1. The first kappa shape index (κ1) is 13.6. The predicted octanol–water partition coefficient (Wildman–Crippen LogP) is 2.42. The third-order valence-electron chi connectivity index (χ3n) is 2.36. The molecule has 1 N–H and O–H groups in total. The molecular weight excluding hydrogens is 270 g/mol. The second kappa shape index (κ2) is 6.99. The first-order valence-corrected chi connectivity index (χ1v) is 6.17. The number of halogens is 1. The van der Waals surface area contributed by atoms with Crippen LogP contribution in [0.3, 0.4) is 0 Å². The number of methoxy groups -OCH3 is 1. The predicted molar refractivity (Wildman–Crippen MR) is 67.3 cm³/mol. The van der Waals surface area contributed by atoms with Gasteiger partial charge in [0.1, 0.15) is 0 Å². The van der Waals surface area contributed by atoms with Crippen LogP contribution in [-0.2, 0) is 11.2 Å². The van der Waals surface area contributed by atoms with E-state index >= 15 is 0 Å².